The molecule has 0 radical (unpaired) electrons. The van der Waals surface area contributed by atoms with Crippen LogP contribution < -0.4 is 4.74 Å². The van der Waals surface area contributed by atoms with E-state index in [2.05, 4.69) is 4.90 Å². The number of carbonyl (C=O) groups is 1. The molecule has 3 aliphatic rings. The van der Waals surface area contributed by atoms with E-state index < -0.39 is 0 Å². The molecule has 5 nitrogen and oxygen atoms in total. The number of ether oxygens (including phenoxy) is 2. The highest BCUT2D eigenvalue weighted by Crippen LogP contribution is 2.47. The first-order valence-electron chi connectivity index (χ1n) is 10.3. The molecule has 1 saturated carbocycles. The predicted octanol–water partition coefficient (Wildman–Crippen LogP) is 3.05. The van der Waals surface area contributed by atoms with Gasteiger partial charge in [-0.05, 0) is 55.4 Å². The third-order valence-electron chi connectivity index (χ3n) is 7.18. The van der Waals surface area contributed by atoms with Crippen molar-refractivity contribution >= 4 is 5.91 Å². The van der Waals surface area contributed by atoms with Crippen molar-refractivity contribution in [3.8, 4) is 5.75 Å². The summed E-state index contributed by atoms with van der Waals surface area (Å²) in [6, 6.07) is 8.25. The zero-order chi connectivity index (χ0) is 18.9. The van der Waals surface area contributed by atoms with Gasteiger partial charge < -0.3 is 14.4 Å². The van der Waals surface area contributed by atoms with Gasteiger partial charge in [-0.25, -0.2) is 0 Å². The van der Waals surface area contributed by atoms with Crippen LogP contribution in [0.4, 0.5) is 0 Å². The predicted molar refractivity (Wildman–Crippen MR) is 105 cm³/mol. The minimum Gasteiger partial charge on any atom is -0.497 e. The lowest BCUT2D eigenvalue weighted by Gasteiger charge is -2.43. The number of rotatable bonds is 5. The summed E-state index contributed by atoms with van der Waals surface area (Å²) >= 11 is 0. The molecule has 1 aliphatic carbocycles. The standard InChI is InChI=1S/C22H32N2O3/c1-26-15-18-14-24(19-4-3-5-19)16-22(18)10-12-23(13-11-22)21(25)17-6-8-20(27-2)9-7-17/h6-9,18-19H,3-5,10-16H2,1-2H3. The molecule has 1 amide bonds. The number of amides is 1. The van der Waals surface area contributed by atoms with Gasteiger partial charge in [-0.1, -0.05) is 6.42 Å². The number of piperidine rings is 1. The molecule has 0 bridgehead atoms. The van der Waals surface area contributed by atoms with Crippen molar-refractivity contribution < 1.29 is 14.3 Å². The van der Waals surface area contributed by atoms with Crippen LogP contribution in [-0.4, -0.2) is 68.8 Å². The molecule has 27 heavy (non-hydrogen) atoms. The fraction of sp³-hybridized carbons (Fsp3) is 0.682. The topological polar surface area (TPSA) is 42.0 Å². The first kappa shape index (κ1) is 18.8. The van der Waals surface area contributed by atoms with E-state index in [-0.39, 0.29) is 5.91 Å². The summed E-state index contributed by atoms with van der Waals surface area (Å²) in [6.45, 7) is 4.91. The molecular weight excluding hydrogens is 340 g/mol. The Bertz CT molecular complexity index is 648. The first-order valence-corrected chi connectivity index (χ1v) is 10.3. The Kier molecular flexibility index (Phi) is 5.42. The number of methoxy groups -OCH3 is 2. The third-order valence-corrected chi connectivity index (χ3v) is 7.18. The lowest BCUT2D eigenvalue weighted by molar-refractivity contribution is 0.0312. The van der Waals surface area contributed by atoms with Crippen LogP contribution in [0.2, 0.25) is 0 Å². The molecule has 1 unspecified atom stereocenters. The lowest BCUT2D eigenvalue weighted by Crippen LogP contribution is -2.47. The molecule has 4 rings (SSSR count). The molecule has 2 heterocycles. The van der Waals surface area contributed by atoms with Crippen LogP contribution in [-0.2, 0) is 4.74 Å². The van der Waals surface area contributed by atoms with Gasteiger partial charge in [0.2, 0.25) is 0 Å². The largest absolute Gasteiger partial charge is 0.497 e. The highest BCUT2D eigenvalue weighted by atomic mass is 16.5. The second-order valence-corrected chi connectivity index (χ2v) is 8.55. The molecule has 1 spiro atoms. The summed E-state index contributed by atoms with van der Waals surface area (Å²) in [6.07, 6.45) is 6.28. The number of hydrogen-bond acceptors (Lipinski definition) is 4. The molecule has 2 saturated heterocycles. The SMILES string of the molecule is COCC1CN(C2CCC2)CC12CCN(C(=O)c1ccc(OC)cc1)CC2. The van der Waals surface area contributed by atoms with E-state index in [1.165, 1.54) is 32.4 Å². The van der Waals surface area contributed by atoms with Gasteiger partial charge in [-0.3, -0.25) is 9.69 Å². The second kappa shape index (κ2) is 7.80. The molecule has 1 aromatic carbocycles. The summed E-state index contributed by atoms with van der Waals surface area (Å²) in [5, 5.41) is 0. The van der Waals surface area contributed by atoms with E-state index in [1.54, 1.807) is 7.11 Å². The maximum absolute atomic E-state index is 12.9. The van der Waals surface area contributed by atoms with Gasteiger partial charge in [0.25, 0.3) is 5.91 Å². The molecule has 1 aromatic rings. The van der Waals surface area contributed by atoms with E-state index >= 15 is 0 Å². The quantitative estimate of drug-likeness (QED) is 0.797. The Hall–Kier alpha value is -1.59. The normalized spacial score (nSPS) is 25.6. The molecule has 2 aliphatic heterocycles. The van der Waals surface area contributed by atoms with Gasteiger partial charge in [0, 0.05) is 50.8 Å². The van der Waals surface area contributed by atoms with Gasteiger partial charge >= 0.3 is 0 Å². The Balaban J connectivity index is 1.40. The van der Waals surface area contributed by atoms with Crippen LogP contribution >= 0.6 is 0 Å². The summed E-state index contributed by atoms with van der Waals surface area (Å²) in [4.78, 5) is 17.6. The second-order valence-electron chi connectivity index (χ2n) is 8.55. The average molecular weight is 373 g/mol. The highest BCUT2D eigenvalue weighted by molar-refractivity contribution is 5.94. The molecule has 148 valence electrons. The fourth-order valence-electron chi connectivity index (χ4n) is 5.17. The van der Waals surface area contributed by atoms with Gasteiger partial charge in [0.15, 0.2) is 0 Å². The third kappa shape index (κ3) is 3.59. The van der Waals surface area contributed by atoms with E-state index in [1.807, 2.05) is 36.3 Å². The Morgan fingerprint density at radius 2 is 1.85 bits per heavy atom. The van der Waals surface area contributed by atoms with Crippen LogP contribution in [0.3, 0.4) is 0 Å². The zero-order valence-electron chi connectivity index (χ0n) is 16.7. The van der Waals surface area contributed by atoms with Gasteiger partial charge in [0.05, 0.1) is 13.7 Å². The average Bonchev–Trinajstić information content (AvgIpc) is 2.98. The van der Waals surface area contributed by atoms with Crippen molar-refractivity contribution in [1.82, 2.24) is 9.80 Å². The maximum atomic E-state index is 12.9. The molecule has 1 atom stereocenters. The van der Waals surface area contributed by atoms with Crippen LogP contribution in [0.15, 0.2) is 24.3 Å². The van der Waals surface area contributed by atoms with E-state index in [9.17, 15) is 4.79 Å². The fourth-order valence-corrected chi connectivity index (χ4v) is 5.17. The molecule has 0 aromatic heterocycles. The minimum absolute atomic E-state index is 0.143. The maximum Gasteiger partial charge on any atom is 0.253 e. The van der Waals surface area contributed by atoms with E-state index in [4.69, 9.17) is 9.47 Å². The summed E-state index contributed by atoms with van der Waals surface area (Å²) in [7, 11) is 3.47. The zero-order valence-corrected chi connectivity index (χ0v) is 16.7. The van der Waals surface area contributed by atoms with Gasteiger partial charge in [-0.15, -0.1) is 0 Å². The van der Waals surface area contributed by atoms with Crippen molar-refractivity contribution in [2.75, 3.05) is 47.0 Å². The number of hydrogen-bond donors (Lipinski definition) is 0. The highest BCUT2D eigenvalue weighted by Gasteiger charge is 2.50. The Morgan fingerprint density at radius 1 is 1.15 bits per heavy atom. The Morgan fingerprint density at radius 3 is 2.41 bits per heavy atom. The van der Waals surface area contributed by atoms with Crippen molar-refractivity contribution in [3.63, 3.8) is 0 Å². The molecule has 3 fully saturated rings. The Labute approximate surface area is 162 Å². The van der Waals surface area contributed by atoms with E-state index in [0.717, 1.165) is 49.9 Å². The number of benzene rings is 1. The molecular formula is C22H32N2O3. The van der Waals surface area contributed by atoms with Crippen LogP contribution in [0, 0.1) is 11.3 Å². The smallest absolute Gasteiger partial charge is 0.253 e. The van der Waals surface area contributed by atoms with Crippen LogP contribution in [0.5, 0.6) is 5.75 Å². The molecule has 0 N–H and O–H groups in total. The first-order chi connectivity index (χ1) is 13.1. The monoisotopic (exact) mass is 372 g/mol. The van der Waals surface area contributed by atoms with Crippen LogP contribution in [0.1, 0.15) is 42.5 Å². The van der Waals surface area contributed by atoms with Gasteiger partial charge in [0.1, 0.15) is 5.75 Å². The van der Waals surface area contributed by atoms with Crippen molar-refractivity contribution in [2.24, 2.45) is 11.3 Å². The number of carbonyl (C=O) groups excluding carboxylic acids is 1. The van der Waals surface area contributed by atoms with Crippen molar-refractivity contribution in [1.29, 1.82) is 0 Å². The summed E-state index contributed by atoms with van der Waals surface area (Å²) in [5.74, 6) is 1.53. The number of nitrogens with zero attached hydrogens (tertiary/aromatic N) is 2. The molecule has 5 heteroatoms. The van der Waals surface area contributed by atoms with Gasteiger partial charge in [-0.2, -0.15) is 0 Å². The minimum atomic E-state index is 0.143. The summed E-state index contributed by atoms with van der Waals surface area (Å²) in [5.41, 5.74) is 1.07. The number of likely N-dealkylation sites (tertiary alicyclic amines) is 2. The van der Waals surface area contributed by atoms with Crippen molar-refractivity contribution in [2.45, 2.75) is 38.1 Å². The lowest BCUT2D eigenvalue weighted by atomic mass is 9.71. The van der Waals surface area contributed by atoms with Crippen LogP contribution in [0.25, 0.3) is 0 Å². The van der Waals surface area contributed by atoms with Crippen molar-refractivity contribution in [3.05, 3.63) is 29.8 Å². The summed E-state index contributed by atoms with van der Waals surface area (Å²) < 4.78 is 10.8. The van der Waals surface area contributed by atoms with E-state index in [0.29, 0.717) is 11.3 Å².